The molecule has 0 aliphatic heterocycles. The highest BCUT2D eigenvalue weighted by Crippen LogP contribution is 2.41. The van der Waals surface area contributed by atoms with E-state index in [-0.39, 0.29) is 0 Å². The Morgan fingerprint density at radius 3 is 2.73 bits per heavy atom. The number of hydrogen-bond donors (Lipinski definition) is 1. The van der Waals surface area contributed by atoms with E-state index in [0.717, 1.165) is 25.8 Å². The summed E-state index contributed by atoms with van der Waals surface area (Å²) in [4.78, 5) is 0. The highest BCUT2D eigenvalue weighted by Gasteiger charge is 2.44. The van der Waals surface area contributed by atoms with E-state index in [9.17, 15) is 0 Å². The summed E-state index contributed by atoms with van der Waals surface area (Å²) in [5.74, 6) is 0.611. The Morgan fingerprint density at radius 1 is 1.73 bits per heavy atom. The first-order valence-corrected chi connectivity index (χ1v) is 3.93. The zero-order chi connectivity index (χ0) is 8.32. The van der Waals surface area contributed by atoms with Crippen molar-refractivity contribution in [2.24, 2.45) is 11.7 Å². The molecule has 0 bridgehead atoms. The second kappa shape index (κ2) is 3.21. The molecule has 3 nitrogen and oxygen atoms in total. The summed E-state index contributed by atoms with van der Waals surface area (Å²) >= 11 is 0. The van der Waals surface area contributed by atoms with Crippen molar-refractivity contribution >= 4 is 0 Å². The number of nitriles is 1. The first-order chi connectivity index (χ1) is 5.26. The first-order valence-electron chi connectivity index (χ1n) is 3.93. The van der Waals surface area contributed by atoms with Crippen LogP contribution in [0.5, 0.6) is 0 Å². The van der Waals surface area contributed by atoms with Crippen LogP contribution in [0.4, 0.5) is 0 Å². The van der Waals surface area contributed by atoms with Crippen molar-refractivity contribution < 1.29 is 4.74 Å². The number of ether oxygens (including phenoxy) is 1. The summed E-state index contributed by atoms with van der Waals surface area (Å²) in [6, 6.07) is 2.19. The number of nitrogens with zero attached hydrogens (tertiary/aromatic N) is 1. The van der Waals surface area contributed by atoms with E-state index in [0.29, 0.717) is 5.92 Å². The highest BCUT2D eigenvalue weighted by molar-refractivity contribution is 5.10. The molecule has 1 aliphatic rings. The smallest absolute Gasteiger partial charge is 0.154 e. The molecule has 2 N–H and O–H groups in total. The third-order valence-electron chi connectivity index (χ3n) is 2.41. The van der Waals surface area contributed by atoms with Gasteiger partial charge in [0.15, 0.2) is 5.60 Å². The summed E-state index contributed by atoms with van der Waals surface area (Å²) in [7, 11) is 1.60. The van der Waals surface area contributed by atoms with E-state index in [1.54, 1.807) is 7.11 Å². The minimum Gasteiger partial charge on any atom is -0.363 e. The monoisotopic (exact) mass is 154 g/mol. The number of methoxy groups -OCH3 is 1. The molecule has 0 saturated heterocycles. The summed E-state index contributed by atoms with van der Waals surface area (Å²) in [5.41, 5.74) is 4.91. The fourth-order valence-electron chi connectivity index (χ4n) is 1.62. The fraction of sp³-hybridized carbons (Fsp3) is 0.875. The molecule has 0 heterocycles. The maximum Gasteiger partial charge on any atom is 0.154 e. The SMILES string of the molecule is COC1(C#N)CC(CCN)C1. The van der Waals surface area contributed by atoms with Crippen LogP contribution in [-0.2, 0) is 4.74 Å². The second-order valence-corrected chi connectivity index (χ2v) is 3.16. The van der Waals surface area contributed by atoms with Crippen LogP contribution in [-0.4, -0.2) is 19.3 Å². The molecule has 0 atom stereocenters. The summed E-state index contributed by atoms with van der Waals surface area (Å²) in [6.07, 6.45) is 2.74. The van der Waals surface area contributed by atoms with Gasteiger partial charge in [-0.3, -0.25) is 0 Å². The van der Waals surface area contributed by atoms with Gasteiger partial charge in [-0.25, -0.2) is 0 Å². The molecule has 0 unspecified atom stereocenters. The fourth-order valence-corrected chi connectivity index (χ4v) is 1.62. The predicted octanol–water partition coefficient (Wildman–Crippen LogP) is 0.654. The Morgan fingerprint density at radius 2 is 2.36 bits per heavy atom. The van der Waals surface area contributed by atoms with Crippen LogP contribution >= 0.6 is 0 Å². The van der Waals surface area contributed by atoms with E-state index >= 15 is 0 Å². The van der Waals surface area contributed by atoms with Crippen molar-refractivity contribution in [2.45, 2.75) is 24.9 Å². The van der Waals surface area contributed by atoms with E-state index < -0.39 is 5.60 Å². The Labute approximate surface area is 67.1 Å². The molecule has 62 valence electrons. The largest absolute Gasteiger partial charge is 0.363 e. The standard InChI is InChI=1S/C8H14N2O/c1-11-8(6-10)4-7(5-8)2-3-9/h7H,2-5,9H2,1H3. The predicted molar refractivity (Wildman–Crippen MR) is 41.7 cm³/mol. The molecule has 0 aromatic heterocycles. The molecular formula is C8H14N2O. The lowest BCUT2D eigenvalue weighted by molar-refractivity contribution is -0.0612. The Kier molecular flexibility index (Phi) is 2.48. The van der Waals surface area contributed by atoms with E-state index in [4.69, 9.17) is 15.7 Å². The molecule has 1 aliphatic carbocycles. The van der Waals surface area contributed by atoms with Gasteiger partial charge in [-0.1, -0.05) is 0 Å². The van der Waals surface area contributed by atoms with Gasteiger partial charge >= 0.3 is 0 Å². The molecule has 1 saturated carbocycles. The molecule has 0 amide bonds. The molecule has 0 aromatic carbocycles. The van der Waals surface area contributed by atoms with Gasteiger partial charge in [0, 0.05) is 7.11 Å². The Balaban J connectivity index is 2.31. The molecule has 11 heavy (non-hydrogen) atoms. The molecular weight excluding hydrogens is 140 g/mol. The van der Waals surface area contributed by atoms with Gasteiger partial charge in [-0.15, -0.1) is 0 Å². The van der Waals surface area contributed by atoms with Crippen LogP contribution < -0.4 is 5.73 Å². The van der Waals surface area contributed by atoms with Crippen molar-refractivity contribution in [3.8, 4) is 6.07 Å². The van der Waals surface area contributed by atoms with Gasteiger partial charge in [0.1, 0.15) is 0 Å². The summed E-state index contributed by atoms with van der Waals surface area (Å²) in [5, 5.41) is 8.72. The summed E-state index contributed by atoms with van der Waals surface area (Å²) < 4.78 is 5.10. The van der Waals surface area contributed by atoms with Crippen molar-refractivity contribution in [1.82, 2.24) is 0 Å². The zero-order valence-electron chi connectivity index (χ0n) is 6.84. The Bertz CT molecular complexity index is 167. The molecule has 3 heteroatoms. The first kappa shape index (κ1) is 8.51. The lowest BCUT2D eigenvalue weighted by Crippen LogP contribution is -2.44. The van der Waals surface area contributed by atoms with Crippen LogP contribution in [0.3, 0.4) is 0 Å². The third kappa shape index (κ3) is 1.52. The topological polar surface area (TPSA) is 59.0 Å². The highest BCUT2D eigenvalue weighted by atomic mass is 16.5. The third-order valence-corrected chi connectivity index (χ3v) is 2.41. The van der Waals surface area contributed by atoms with Crippen molar-refractivity contribution in [1.29, 1.82) is 5.26 Å². The van der Waals surface area contributed by atoms with E-state index in [1.165, 1.54) is 0 Å². The average molecular weight is 154 g/mol. The van der Waals surface area contributed by atoms with Gasteiger partial charge in [-0.05, 0) is 31.7 Å². The van der Waals surface area contributed by atoms with Crippen molar-refractivity contribution in [3.05, 3.63) is 0 Å². The van der Waals surface area contributed by atoms with E-state index in [2.05, 4.69) is 6.07 Å². The molecule has 1 rings (SSSR count). The molecule has 0 spiro atoms. The van der Waals surface area contributed by atoms with Crippen molar-refractivity contribution in [3.63, 3.8) is 0 Å². The van der Waals surface area contributed by atoms with Gasteiger partial charge in [-0.2, -0.15) is 5.26 Å². The Hall–Kier alpha value is -0.590. The molecule has 1 fully saturated rings. The summed E-state index contributed by atoms with van der Waals surface area (Å²) in [6.45, 7) is 0.718. The molecule has 0 radical (unpaired) electrons. The van der Waals surface area contributed by atoms with Crippen molar-refractivity contribution in [2.75, 3.05) is 13.7 Å². The van der Waals surface area contributed by atoms with E-state index in [1.807, 2.05) is 0 Å². The van der Waals surface area contributed by atoms with Crippen LogP contribution in [0.1, 0.15) is 19.3 Å². The van der Waals surface area contributed by atoms with Gasteiger partial charge in [0.2, 0.25) is 0 Å². The van der Waals surface area contributed by atoms with Gasteiger partial charge in [0.25, 0.3) is 0 Å². The van der Waals surface area contributed by atoms with Crippen LogP contribution in [0.15, 0.2) is 0 Å². The van der Waals surface area contributed by atoms with Gasteiger partial charge < -0.3 is 10.5 Å². The minimum atomic E-state index is -0.472. The maximum atomic E-state index is 8.72. The van der Waals surface area contributed by atoms with Crippen LogP contribution in [0.2, 0.25) is 0 Å². The zero-order valence-corrected chi connectivity index (χ0v) is 6.84. The lowest BCUT2D eigenvalue weighted by atomic mass is 9.70. The average Bonchev–Trinajstić information content (AvgIpc) is 1.96. The van der Waals surface area contributed by atoms with Crippen LogP contribution in [0, 0.1) is 17.2 Å². The number of hydrogen-bond acceptors (Lipinski definition) is 3. The van der Waals surface area contributed by atoms with Crippen LogP contribution in [0.25, 0.3) is 0 Å². The second-order valence-electron chi connectivity index (χ2n) is 3.16. The normalized spacial score (nSPS) is 35.9. The minimum absolute atomic E-state index is 0.472. The van der Waals surface area contributed by atoms with Gasteiger partial charge in [0.05, 0.1) is 6.07 Å². The number of rotatable bonds is 3. The molecule has 0 aromatic rings. The maximum absolute atomic E-state index is 8.72. The lowest BCUT2D eigenvalue weighted by Gasteiger charge is -2.41. The quantitative estimate of drug-likeness (QED) is 0.649. The number of nitrogens with two attached hydrogens (primary N) is 1.